The Morgan fingerprint density at radius 2 is 2.05 bits per heavy atom. The van der Waals surface area contributed by atoms with Crippen LogP contribution in [0.3, 0.4) is 0 Å². The molecule has 0 spiro atoms. The number of carbonyl (C=O) groups is 1. The number of hydrogen-bond donors (Lipinski definition) is 3. The molecule has 0 saturated carbocycles. The number of halogens is 1. The number of carboxylic acid groups (broad SMARTS) is 1. The van der Waals surface area contributed by atoms with Crippen LogP contribution in [0.25, 0.3) is 0 Å². The Balaban J connectivity index is 2.25. The number of anilines is 2. The number of pyridine rings is 1. The zero-order chi connectivity index (χ0) is 14.7. The first kappa shape index (κ1) is 14.3. The summed E-state index contributed by atoms with van der Waals surface area (Å²) in [6, 6.07) is 9.10. The van der Waals surface area contributed by atoms with Crippen molar-refractivity contribution < 1.29 is 9.90 Å². The molecular weight excluding hydrogens is 322 g/mol. The van der Waals surface area contributed by atoms with Crippen LogP contribution < -0.4 is 11.1 Å². The van der Waals surface area contributed by atoms with Crippen molar-refractivity contribution in [1.29, 1.82) is 0 Å². The molecule has 2 aromatic rings. The molecule has 1 aromatic heterocycles. The number of rotatable bonds is 4. The van der Waals surface area contributed by atoms with Crippen molar-refractivity contribution in [3.8, 4) is 0 Å². The smallest absolute Gasteiger partial charge is 0.339 e. The maximum absolute atomic E-state index is 11.2. The van der Waals surface area contributed by atoms with Gasteiger partial charge in [0.15, 0.2) is 0 Å². The SMILES string of the molecule is CC(Nc1ncc(N)cc1C(=O)O)c1ccc(Br)cc1. The summed E-state index contributed by atoms with van der Waals surface area (Å²) in [5.74, 6) is -0.752. The minimum Gasteiger partial charge on any atom is -0.478 e. The van der Waals surface area contributed by atoms with Crippen LogP contribution in [0, 0.1) is 0 Å². The van der Waals surface area contributed by atoms with Crippen molar-refractivity contribution in [2.45, 2.75) is 13.0 Å². The highest BCUT2D eigenvalue weighted by Crippen LogP contribution is 2.23. The average Bonchev–Trinajstić information content (AvgIpc) is 2.41. The predicted octanol–water partition coefficient (Wildman–Crippen LogP) is 3.30. The first-order valence-corrected chi connectivity index (χ1v) is 6.77. The van der Waals surface area contributed by atoms with E-state index in [1.165, 1.54) is 12.3 Å². The van der Waals surface area contributed by atoms with Crippen LogP contribution in [0.15, 0.2) is 41.0 Å². The zero-order valence-electron chi connectivity index (χ0n) is 10.8. The van der Waals surface area contributed by atoms with E-state index in [4.69, 9.17) is 10.8 Å². The Morgan fingerprint density at radius 1 is 1.40 bits per heavy atom. The molecule has 1 heterocycles. The number of hydrogen-bond acceptors (Lipinski definition) is 4. The second-order valence-corrected chi connectivity index (χ2v) is 5.30. The van der Waals surface area contributed by atoms with E-state index in [1.54, 1.807) is 0 Å². The third kappa shape index (κ3) is 3.27. The van der Waals surface area contributed by atoms with E-state index >= 15 is 0 Å². The fourth-order valence-electron chi connectivity index (χ4n) is 1.80. The van der Waals surface area contributed by atoms with E-state index in [0.717, 1.165) is 10.0 Å². The third-order valence-electron chi connectivity index (χ3n) is 2.86. The summed E-state index contributed by atoms with van der Waals surface area (Å²) in [6.45, 7) is 1.94. The highest BCUT2D eigenvalue weighted by Gasteiger charge is 2.14. The Kier molecular flexibility index (Phi) is 4.24. The number of benzene rings is 1. The number of aromatic nitrogens is 1. The minimum atomic E-state index is -1.06. The summed E-state index contributed by atoms with van der Waals surface area (Å²) in [6.07, 6.45) is 1.43. The van der Waals surface area contributed by atoms with E-state index in [0.29, 0.717) is 11.5 Å². The van der Waals surface area contributed by atoms with E-state index in [1.807, 2.05) is 31.2 Å². The minimum absolute atomic E-state index is 0.0639. The maximum Gasteiger partial charge on any atom is 0.339 e. The van der Waals surface area contributed by atoms with Gasteiger partial charge >= 0.3 is 5.97 Å². The molecule has 0 radical (unpaired) electrons. The van der Waals surface area contributed by atoms with Gasteiger partial charge in [-0.15, -0.1) is 0 Å². The molecule has 4 N–H and O–H groups in total. The van der Waals surface area contributed by atoms with Crippen molar-refractivity contribution in [2.75, 3.05) is 11.1 Å². The second kappa shape index (κ2) is 5.92. The number of nitrogens with one attached hydrogen (secondary N) is 1. The molecule has 104 valence electrons. The molecule has 0 aliphatic heterocycles. The fourth-order valence-corrected chi connectivity index (χ4v) is 2.06. The summed E-state index contributed by atoms with van der Waals surface area (Å²) < 4.78 is 0.991. The number of aromatic carboxylic acids is 1. The van der Waals surface area contributed by atoms with E-state index in [9.17, 15) is 4.79 Å². The number of nitrogens with two attached hydrogens (primary N) is 1. The van der Waals surface area contributed by atoms with Crippen LogP contribution in [0.4, 0.5) is 11.5 Å². The Labute approximate surface area is 125 Å². The molecular formula is C14H14BrN3O2. The Hall–Kier alpha value is -2.08. The summed E-state index contributed by atoms with van der Waals surface area (Å²) in [7, 11) is 0. The van der Waals surface area contributed by atoms with Gasteiger partial charge in [-0.3, -0.25) is 0 Å². The maximum atomic E-state index is 11.2. The molecule has 20 heavy (non-hydrogen) atoms. The van der Waals surface area contributed by atoms with Crippen molar-refractivity contribution in [3.63, 3.8) is 0 Å². The van der Waals surface area contributed by atoms with Gasteiger partial charge in [0.05, 0.1) is 11.9 Å². The van der Waals surface area contributed by atoms with Gasteiger partial charge < -0.3 is 16.2 Å². The van der Waals surface area contributed by atoms with Gasteiger partial charge in [-0.25, -0.2) is 9.78 Å². The van der Waals surface area contributed by atoms with Gasteiger partial charge in [-0.05, 0) is 30.7 Å². The molecule has 1 unspecified atom stereocenters. The third-order valence-corrected chi connectivity index (χ3v) is 3.39. The molecule has 1 aromatic carbocycles. The van der Waals surface area contributed by atoms with Crippen LogP contribution in [0.2, 0.25) is 0 Å². The van der Waals surface area contributed by atoms with Gasteiger partial charge in [0.1, 0.15) is 11.4 Å². The fraction of sp³-hybridized carbons (Fsp3) is 0.143. The first-order chi connectivity index (χ1) is 9.47. The second-order valence-electron chi connectivity index (χ2n) is 4.39. The lowest BCUT2D eigenvalue weighted by atomic mass is 10.1. The standard InChI is InChI=1S/C14H14BrN3O2/c1-8(9-2-4-10(15)5-3-9)18-13-12(14(19)20)6-11(16)7-17-13/h2-8H,16H2,1H3,(H,17,18)(H,19,20). The molecule has 5 nitrogen and oxygen atoms in total. The van der Waals surface area contributed by atoms with Gasteiger partial charge in [0.2, 0.25) is 0 Å². The summed E-state index contributed by atoms with van der Waals surface area (Å²) >= 11 is 3.38. The number of nitrogens with zero attached hydrogens (tertiary/aromatic N) is 1. The van der Waals surface area contributed by atoms with Crippen molar-refractivity contribution in [2.24, 2.45) is 0 Å². The Morgan fingerprint density at radius 3 is 2.65 bits per heavy atom. The highest BCUT2D eigenvalue weighted by atomic mass is 79.9. The quantitative estimate of drug-likeness (QED) is 0.797. The first-order valence-electron chi connectivity index (χ1n) is 5.98. The van der Waals surface area contributed by atoms with Gasteiger partial charge in [0.25, 0.3) is 0 Å². The molecule has 0 fully saturated rings. The van der Waals surface area contributed by atoms with Crippen molar-refractivity contribution >= 4 is 33.4 Å². The van der Waals surface area contributed by atoms with E-state index in [-0.39, 0.29) is 11.6 Å². The van der Waals surface area contributed by atoms with Crippen LogP contribution in [-0.4, -0.2) is 16.1 Å². The van der Waals surface area contributed by atoms with Crippen LogP contribution >= 0.6 is 15.9 Å². The lowest BCUT2D eigenvalue weighted by Crippen LogP contribution is -2.12. The highest BCUT2D eigenvalue weighted by molar-refractivity contribution is 9.10. The van der Waals surface area contributed by atoms with E-state index in [2.05, 4.69) is 26.2 Å². The van der Waals surface area contributed by atoms with E-state index < -0.39 is 5.97 Å². The zero-order valence-corrected chi connectivity index (χ0v) is 12.4. The van der Waals surface area contributed by atoms with Crippen LogP contribution in [0.5, 0.6) is 0 Å². The normalized spacial score (nSPS) is 11.9. The number of nitrogen functional groups attached to an aromatic ring is 1. The van der Waals surface area contributed by atoms with Crippen LogP contribution in [0.1, 0.15) is 28.9 Å². The average molecular weight is 336 g/mol. The lowest BCUT2D eigenvalue weighted by Gasteiger charge is -2.16. The molecule has 0 bridgehead atoms. The monoisotopic (exact) mass is 335 g/mol. The molecule has 2 rings (SSSR count). The molecule has 6 heteroatoms. The number of carboxylic acids is 1. The van der Waals surface area contributed by atoms with Gasteiger partial charge in [-0.1, -0.05) is 28.1 Å². The van der Waals surface area contributed by atoms with Crippen LogP contribution in [-0.2, 0) is 0 Å². The summed E-state index contributed by atoms with van der Waals surface area (Å²) in [4.78, 5) is 15.3. The molecule has 0 aliphatic carbocycles. The van der Waals surface area contributed by atoms with Gasteiger partial charge in [0, 0.05) is 10.5 Å². The molecule has 0 saturated heterocycles. The molecule has 1 atom stereocenters. The van der Waals surface area contributed by atoms with Gasteiger partial charge in [-0.2, -0.15) is 0 Å². The van der Waals surface area contributed by atoms with Crippen molar-refractivity contribution in [3.05, 3.63) is 52.1 Å². The Bertz CT molecular complexity index is 629. The molecule has 0 aliphatic rings. The van der Waals surface area contributed by atoms with Crippen molar-refractivity contribution in [1.82, 2.24) is 4.98 Å². The summed E-state index contributed by atoms with van der Waals surface area (Å²) in [5, 5.41) is 12.3. The largest absolute Gasteiger partial charge is 0.478 e. The topological polar surface area (TPSA) is 88.2 Å². The lowest BCUT2D eigenvalue weighted by molar-refractivity contribution is 0.0697. The predicted molar refractivity (Wildman–Crippen MR) is 81.8 cm³/mol. The molecule has 0 amide bonds. The summed E-state index contributed by atoms with van der Waals surface area (Å²) in [5.41, 5.74) is 6.98.